The van der Waals surface area contributed by atoms with Gasteiger partial charge in [0.15, 0.2) is 0 Å². The number of hydrogen-bond acceptors (Lipinski definition) is 3. The van der Waals surface area contributed by atoms with E-state index in [4.69, 9.17) is 11.5 Å². The van der Waals surface area contributed by atoms with Crippen molar-refractivity contribution in [1.82, 2.24) is 14.7 Å². The number of fused-ring (bicyclic) bond motifs is 1. The second kappa shape index (κ2) is 8.47. The number of aromatic nitrogens is 2. The van der Waals surface area contributed by atoms with E-state index in [0.29, 0.717) is 24.3 Å². The predicted molar refractivity (Wildman–Crippen MR) is 126 cm³/mol. The molecule has 170 valence electrons. The second-order valence-electron chi connectivity index (χ2n) is 8.13. The molecule has 34 heavy (non-hydrogen) atoms. The Hall–Kier alpha value is -4.46. The molecule has 0 saturated carbocycles. The van der Waals surface area contributed by atoms with E-state index in [1.807, 2.05) is 54.6 Å². The number of carbonyl (C=O) groups is 2. The van der Waals surface area contributed by atoms with Crippen LogP contribution >= 0.6 is 0 Å². The number of nitrogens with zero attached hydrogens (tertiary/aromatic N) is 3. The number of benzene rings is 3. The highest BCUT2D eigenvalue weighted by Crippen LogP contribution is 2.38. The summed E-state index contributed by atoms with van der Waals surface area (Å²) < 4.78 is 15.6. The monoisotopic (exact) mass is 455 g/mol. The summed E-state index contributed by atoms with van der Waals surface area (Å²) in [5, 5.41) is 4.59. The number of carbonyl (C=O) groups excluding carboxylic acids is 2. The van der Waals surface area contributed by atoms with Crippen molar-refractivity contribution in [3.63, 3.8) is 0 Å². The Morgan fingerprint density at radius 3 is 2.18 bits per heavy atom. The molecule has 0 radical (unpaired) electrons. The van der Waals surface area contributed by atoms with Gasteiger partial charge in [-0.15, -0.1) is 0 Å². The van der Waals surface area contributed by atoms with Gasteiger partial charge in [-0.3, -0.25) is 9.48 Å². The highest BCUT2D eigenvalue weighted by atomic mass is 19.1. The fourth-order valence-corrected chi connectivity index (χ4v) is 4.55. The molecule has 1 unspecified atom stereocenters. The van der Waals surface area contributed by atoms with Gasteiger partial charge in [0.05, 0.1) is 17.8 Å². The van der Waals surface area contributed by atoms with Crippen molar-refractivity contribution in [3.8, 4) is 22.4 Å². The van der Waals surface area contributed by atoms with Gasteiger partial charge in [-0.05, 0) is 28.8 Å². The number of rotatable bonds is 4. The predicted octanol–water partition coefficient (Wildman–Crippen LogP) is 3.94. The first-order valence-electron chi connectivity index (χ1n) is 10.8. The van der Waals surface area contributed by atoms with E-state index in [9.17, 15) is 14.0 Å². The fraction of sp³-hybridized carbons (Fsp3) is 0.115. The van der Waals surface area contributed by atoms with Crippen molar-refractivity contribution in [3.05, 3.63) is 102 Å². The second-order valence-corrected chi connectivity index (χ2v) is 8.13. The van der Waals surface area contributed by atoms with Crippen LogP contribution in [0.25, 0.3) is 22.4 Å². The smallest absolute Gasteiger partial charge is 0.315 e. The Balaban J connectivity index is 1.67. The normalized spacial score (nSPS) is 15.1. The molecule has 3 aromatic carbocycles. The van der Waals surface area contributed by atoms with Crippen LogP contribution in [0.5, 0.6) is 0 Å². The average Bonchev–Trinajstić information content (AvgIpc) is 3.24. The molecule has 0 fully saturated rings. The van der Waals surface area contributed by atoms with Crippen LogP contribution in [0.15, 0.2) is 78.9 Å². The van der Waals surface area contributed by atoms with Crippen molar-refractivity contribution < 1.29 is 14.0 Å². The van der Waals surface area contributed by atoms with Gasteiger partial charge in [0.1, 0.15) is 17.6 Å². The third kappa shape index (κ3) is 3.69. The van der Waals surface area contributed by atoms with Crippen molar-refractivity contribution in [1.29, 1.82) is 0 Å². The van der Waals surface area contributed by atoms with Crippen molar-refractivity contribution >= 4 is 11.9 Å². The Bertz CT molecular complexity index is 1380. The molecule has 1 aliphatic heterocycles. The number of halogens is 1. The minimum Gasteiger partial charge on any atom is -0.365 e. The van der Waals surface area contributed by atoms with Crippen molar-refractivity contribution in [2.75, 3.05) is 6.54 Å². The average molecular weight is 455 g/mol. The Morgan fingerprint density at radius 2 is 1.53 bits per heavy atom. The van der Waals surface area contributed by atoms with E-state index in [-0.39, 0.29) is 11.3 Å². The SMILES string of the molecule is NC(=O)c1c(-c2cccc(F)c2)nn2c1C(c1ccc(-c3ccccc3)cc1)N(C(N)=O)CC2. The molecule has 2 heterocycles. The van der Waals surface area contributed by atoms with Gasteiger partial charge in [0.25, 0.3) is 5.91 Å². The van der Waals surface area contributed by atoms with Crippen LogP contribution < -0.4 is 11.5 Å². The lowest BCUT2D eigenvalue weighted by Gasteiger charge is -2.35. The molecule has 0 spiro atoms. The van der Waals surface area contributed by atoms with Crippen LogP contribution in [0.2, 0.25) is 0 Å². The molecule has 4 N–H and O–H groups in total. The molecule has 7 nitrogen and oxygen atoms in total. The topological polar surface area (TPSA) is 107 Å². The summed E-state index contributed by atoms with van der Waals surface area (Å²) in [4.78, 5) is 26.5. The van der Waals surface area contributed by atoms with Gasteiger partial charge in [-0.25, -0.2) is 9.18 Å². The molecule has 8 heteroatoms. The van der Waals surface area contributed by atoms with Crippen molar-refractivity contribution in [2.45, 2.75) is 12.6 Å². The van der Waals surface area contributed by atoms with E-state index in [2.05, 4.69) is 5.10 Å². The Labute approximate surface area is 195 Å². The van der Waals surface area contributed by atoms with Crippen LogP contribution in [-0.4, -0.2) is 33.2 Å². The molecule has 1 aromatic heterocycles. The molecule has 0 bridgehead atoms. The lowest BCUT2D eigenvalue weighted by Crippen LogP contribution is -2.46. The van der Waals surface area contributed by atoms with Crippen molar-refractivity contribution in [2.24, 2.45) is 11.5 Å². The summed E-state index contributed by atoms with van der Waals surface area (Å²) >= 11 is 0. The van der Waals surface area contributed by atoms with Crippen LogP contribution in [-0.2, 0) is 6.54 Å². The maximum atomic E-state index is 13.9. The Morgan fingerprint density at radius 1 is 0.853 bits per heavy atom. The summed E-state index contributed by atoms with van der Waals surface area (Å²) in [5.41, 5.74) is 15.7. The lowest BCUT2D eigenvalue weighted by atomic mass is 9.93. The minimum absolute atomic E-state index is 0.147. The maximum Gasteiger partial charge on any atom is 0.315 e. The summed E-state index contributed by atoms with van der Waals surface area (Å²) in [6.07, 6.45) is 0. The number of nitrogens with two attached hydrogens (primary N) is 2. The number of primary amides is 2. The highest BCUT2D eigenvalue weighted by Gasteiger charge is 2.37. The molecule has 3 amide bonds. The molecule has 4 aromatic rings. The largest absolute Gasteiger partial charge is 0.365 e. The molecular weight excluding hydrogens is 433 g/mol. The third-order valence-electron chi connectivity index (χ3n) is 6.08. The van der Waals surface area contributed by atoms with E-state index in [1.54, 1.807) is 16.8 Å². The van der Waals surface area contributed by atoms with E-state index in [1.165, 1.54) is 17.0 Å². The molecular formula is C26H22FN5O2. The minimum atomic E-state index is -0.710. The summed E-state index contributed by atoms with van der Waals surface area (Å²) in [6.45, 7) is 0.627. The molecule has 1 atom stereocenters. The van der Waals surface area contributed by atoms with Gasteiger partial charge >= 0.3 is 6.03 Å². The van der Waals surface area contributed by atoms with E-state index < -0.39 is 23.8 Å². The van der Waals surface area contributed by atoms with Gasteiger partial charge < -0.3 is 16.4 Å². The van der Waals surface area contributed by atoms with E-state index >= 15 is 0 Å². The quantitative estimate of drug-likeness (QED) is 0.487. The van der Waals surface area contributed by atoms with Crippen LogP contribution in [0.4, 0.5) is 9.18 Å². The maximum absolute atomic E-state index is 13.9. The zero-order chi connectivity index (χ0) is 23.8. The zero-order valence-corrected chi connectivity index (χ0v) is 18.2. The van der Waals surface area contributed by atoms with Gasteiger partial charge in [0, 0.05) is 12.1 Å². The van der Waals surface area contributed by atoms with Gasteiger partial charge in [0.2, 0.25) is 0 Å². The van der Waals surface area contributed by atoms with Gasteiger partial charge in [-0.2, -0.15) is 5.10 Å². The third-order valence-corrected chi connectivity index (χ3v) is 6.08. The first kappa shape index (κ1) is 21.4. The van der Waals surface area contributed by atoms with Crippen LogP contribution in [0.1, 0.15) is 27.7 Å². The van der Waals surface area contributed by atoms with Gasteiger partial charge in [-0.1, -0.05) is 66.7 Å². The molecule has 0 saturated heterocycles. The van der Waals surface area contributed by atoms with E-state index in [0.717, 1.165) is 16.7 Å². The summed E-state index contributed by atoms with van der Waals surface area (Å²) in [7, 11) is 0. The highest BCUT2D eigenvalue weighted by molar-refractivity contribution is 6.00. The first-order valence-corrected chi connectivity index (χ1v) is 10.8. The zero-order valence-electron chi connectivity index (χ0n) is 18.2. The molecule has 5 rings (SSSR count). The lowest BCUT2D eigenvalue weighted by molar-refractivity contribution is 0.0995. The van der Waals surface area contributed by atoms with Crippen LogP contribution in [0.3, 0.4) is 0 Å². The fourth-order valence-electron chi connectivity index (χ4n) is 4.55. The first-order chi connectivity index (χ1) is 16.4. The number of hydrogen-bond donors (Lipinski definition) is 2. The number of amides is 3. The number of urea groups is 1. The standard InChI is InChI=1S/C26H22FN5O2/c27-20-8-4-7-19(15-20)22-21(25(28)33)24-23(31(26(29)34)13-14-32(24)30-22)18-11-9-17(10-12-18)16-5-2-1-3-6-16/h1-12,15,23H,13-14H2,(H2,28,33)(H2,29,34). The Kier molecular flexibility index (Phi) is 5.33. The van der Waals surface area contributed by atoms with Crippen LogP contribution in [0, 0.1) is 5.82 Å². The summed E-state index contributed by atoms with van der Waals surface area (Å²) in [6, 6.07) is 22.1. The molecule has 1 aliphatic rings. The molecule has 0 aliphatic carbocycles. The summed E-state index contributed by atoms with van der Waals surface area (Å²) in [5.74, 6) is -1.16.